The number of rotatable bonds is 3. The summed E-state index contributed by atoms with van der Waals surface area (Å²) in [5.41, 5.74) is 1.04. The maximum Gasteiger partial charge on any atom is 0.300 e. The van der Waals surface area contributed by atoms with E-state index in [1.807, 2.05) is 0 Å². The molecule has 0 aliphatic rings. The van der Waals surface area contributed by atoms with Crippen molar-refractivity contribution in [3.63, 3.8) is 0 Å². The van der Waals surface area contributed by atoms with Crippen molar-refractivity contribution < 1.29 is 23.4 Å². The summed E-state index contributed by atoms with van der Waals surface area (Å²) in [6, 6.07) is 12.7. The summed E-state index contributed by atoms with van der Waals surface area (Å²) in [7, 11) is -3.57. The van der Waals surface area contributed by atoms with Crippen molar-refractivity contribution in [2.45, 2.75) is 18.7 Å². The van der Waals surface area contributed by atoms with E-state index >= 15 is 0 Å². The summed E-state index contributed by atoms with van der Waals surface area (Å²) >= 11 is 0. The van der Waals surface area contributed by atoms with Crippen molar-refractivity contribution in [3.8, 4) is 5.75 Å². The molecule has 118 valence electrons. The molecule has 2 rings (SSSR count). The number of nitrogens with one attached hydrogen (secondary N) is 1. The first-order valence-corrected chi connectivity index (χ1v) is 7.77. The number of hydrogen-bond acceptors (Lipinski definition) is 4. The van der Waals surface area contributed by atoms with Crippen LogP contribution in [0.2, 0.25) is 0 Å². The summed E-state index contributed by atoms with van der Waals surface area (Å²) in [5, 5.41) is 16.8. The van der Waals surface area contributed by atoms with Gasteiger partial charge in [-0.05, 0) is 42.8 Å². The number of phenolic OH excluding ortho intramolecular Hbond substituents is 1. The van der Waals surface area contributed by atoms with Gasteiger partial charge in [0.05, 0.1) is 4.90 Å². The van der Waals surface area contributed by atoms with Crippen LogP contribution in [0, 0.1) is 6.92 Å². The Morgan fingerprint density at radius 2 is 1.64 bits per heavy atom. The third-order valence-electron chi connectivity index (χ3n) is 2.50. The van der Waals surface area contributed by atoms with Crippen LogP contribution in [0.25, 0.3) is 0 Å². The topological polar surface area (TPSA) is 104 Å². The number of aliphatic carboxylic acids is 1. The molecule has 0 bridgehead atoms. The van der Waals surface area contributed by atoms with Gasteiger partial charge in [-0.2, -0.15) is 0 Å². The number of anilines is 1. The van der Waals surface area contributed by atoms with Crippen LogP contribution in [0.15, 0.2) is 53.4 Å². The van der Waals surface area contributed by atoms with Gasteiger partial charge in [-0.25, -0.2) is 8.42 Å². The SMILES string of the molecule is CC(=O)O.Cc1cc(NS(=O)(=O)c2ccccc2)ccc1O. The van der Waals surface area contributed by atoms with Gasteiger partial charge < -0.3 is 10.2 Å². The van der Waals surface area contributed by atoms with Crippen LogP contribution in [-0.4, -0.2) is 24.6 Å². The van der Waals surface area contributed by atoms with Crippen LogP contribution in [-0.2, 0) is 14.8 Å². The predicted octanol–water partition coefficient (Wildman–Crippen LogP) is 2.59. The van der Waals surface area contributed by atoms with Gasteiger partial charge in [0.2, 0.25) is 0 Å². The van der Waals surface area contributed by atoms with Crippen molar-refractivity contribution in [2.75, 3.05) is 4.72 Å². The highest BCUT2D eigenvalue weighted by molar-refractivity contribution is 7.92. The summed E-state index contributed by atoms with van der Waals surface area (Å²) < 4.78 is 26.5. The Balaban J connectivity index is 0.000000541. The zero-order chi connectivity index (χ0) is 16.8. The summed E-state index contributed by atoms with van der Waals surface area (Å²) in [5.74, 6) is -0.697. The van der Waals surface area contributed by atoms with Crippen molar-refractivity contribution >= 4 is 21.7 Å². The minimum Gasteiger partial charge on any atom is -0.508 e. The fraction of sp³-hybridized carbons (Fsp3) is 0.133. The highest BCUT2D eigenvalue weighted by Crippen LogP contribution is 2.22. The van der Waals surface area contributed by atoms with Crippen LogP contribution in [0.1, 0.15) is 12.5 Å². The second kappa shape index (κ2) is 7.46. The smallest absolute Gasteiger partial charge is 0.300 e. The molecule has 0 saturated heterocycles. The first-order valence-electron chi connectivity index (χ1n) is 6.29. The highest BCUT2D eigenvalue weighted by atomic mass is 32.2. The Kier molecular flexibility index (Phi) is 5.94. The Hall–Kier alpha value is -2.54. The van der Waals surface area contributed by atoms with Gasteiger partial charge in [-0.15, -0.1) is 0 Å². The van der Waals surface area contributed by atoms with Crippen molar-refractivity contribution in [1.82, 2.24) is 0 Å². The summed E-state index contributed by atoms with van der Waals surface area (Å²) in [4.78, 5) is 9.20. The number of carboxylic acid groups (broad SMARTS) is 1. The molecule has 7 heteroatoms. The molecule has 6 nitrogen and oxygen atoms in total. The molecule has 22 heavy (non-hydrogen) atoms. The Labute approximate surface area is 129 Å². The lowest BCUT2D eigenvalue weighted by molar-refractivity contribution is -0.134. The van der Waals surface area contributed by atoms with E-state index in [1.54, 1.807) is 31.2 Å². The van der Waals surface area contributed by atoms with E-state index in [2.05, 4.69) is 4.72 Å². The average Bonchev–Trinajstić information content (AvgIpc) is 2.43. The lowest BCUT2D eigenvalue weighted by Gasteiger charge is -2.09. The first-order chi connectivity index (χ1) is 10.2. The van der Waals surface area contributed by atoms with Crippen LogP contribution in [0.5, 0.6) is 5.75 Å². The van der Waals surface area contributed by atoms with Gasteiger partial charge in [0, 0.05) is 12.6 Å². The normalized spacial score (nSPS) is 10.3. The minimum absolute atomic E-state index is 0.137. The maximum atomic E-state index is 12.0. The Bertz CT molecular complexity index is 738. The van der Waals surface area contributed by atoms with Gasteiger partial charge in [0.1, 0.15) is 5.75 Å². The molecule has 0 fully saturated rings. The molecule has 0 aromatic heterocycles. The number of aryl methyl sites for hydroxylation is 1. The molecule has 0 radical (unpaired) electrons. The third kappa shape index (κ3) is 5.45. The van der Waals surface area contributed by atoms with Crippen molar-refractivity contribution in [2.24, 2.45) is 0 Å². The zero-order valence-electron chi connectivity index (χ0n) is 12.1. The van der Waals surface area contributed by atoms with Crippen LogP contribution >= 0.6 is 0 Å². The van der Waals surface area contributed by atoms with Gasteiger partial charge in [-0.3, -0.25) is 9.52 Å². The summed E-state index contributed by atoms with van der Waals surface area (Å²) in [6.45, 7) is 2.79. The second-order valence-electron chi connectivity index (χ2n) is 4.44. The van der Waals surface area contributed by atoms with Crippen LogP contribution < -0.4 is 4.72 Å². The number of benzene rings is 2. The molecule has 3 N–H and O–H groups in total. The van der Waals surface area contributed by atoms with E-state index in [4.69, 9.17) is 9.90 Å². The lowest BCUT2D eigenvalue weighted by atomic mass is 10.2. The Morgan fingerprint density at radius 3 is 2.14 bits per heavy atom. The van der Waals surface area contributed by atoms with E-state index < -0.39 is 16.0 Å². The first kappa shape index (κ1) is 17.5. The molecule has 0 saturated carbocycles. The highest BCUT2D eigenvalue weighted by Gasteiger charge is 2.13. The molecule has 0 aliphatic heterocycles. The van der Waals surface area contributed by atoms with Gasteiger partial charge in [0.15, 0.2) is 0 Å². The molecule has 2 aromatic rings. The molecule has 0 aliphatic carbocycles. The molecule has 2 aromatic carbocycles. The predicted molar refractivity (Wildman–Crippen MR) is 83.4 cm³/mol. The van der Waals surface area contributed by atoms with Crippen molar-refractivity contribution in [3.05, 3.63) is 54.1 Å². The lowest BCUT2D eigenvalue weighted by Crippen LogP contribution is -2.12. The molecule has 0 amide bonds. The van der Waals surface area contributed by atoms with E-state index in [9.17, 15) is 13.5 Å². The molecular formula is C15H17NO5S. The number of phenols is 1. The van der Waals surface area contributed by atoms with E-state index in [-0.39, 0.29) is 10.6 Å². The average molecular weight is 323 g/mol. The van der Waals surface area contributed by atoms with E-state index in [0.29, 0.717) is 11.3 Å². The fourth-order valence-electron chi connectivity index (χ4n) is 1.53. The Morgan fingerprint density at radius 1 is 1.09 bits per heavy atom. The second-order valence-corrected chi connectivity index (χ2v) is 6.12. The van der Waals surface area contributed by atoms with Gasteiger partial charge in [-0.1, -0.05) is 18.2 Å². The van der Waals surface area contributed by atoms with E-state index in [0.717, 1.165) is 6.92 Å². The number of carbonyl (C=O) groups is 1. The monoisotopic (exact) mass is 323 g/mol. The third-order valence-corrected chi connectivity index (χ3v) is 3.90. The van der Waals surface area contributed by atoms with Gasteiger partial charge in [0.25, 0.3) is 16.0 Å². The number of hydrogen-bond donors (Lipinski definition) is 3. The quantitative estimate of drug-likeness (QED) is 0.753. The zero-order valence-corrected chi connectivity index (χ0v) is 13.0. The molecule has 0 heterocycles. The molecule has 0 spiro atoms. The standard InChI is InChI=1S/C13H13NO3S.C2H4O2/c1-10-9-11(7-8-13(10)15)14-18(16,17)12-5-3-2-4-6-12;1-2(3)4/h2-9,14-15H,1H3;1H3,(H,3,4). The minimum atomic E-state index is -3.57. The van der Waals surface area contributed by atoms with E-state index in [1.165, 1.54) is 24.3 Å². The van der Waals surface area contributed by atoms with Crippen LogP contribution in [0.3, 0.4) is 0 Å². The molecular weight excluding hydrogens is 306 g/mol. The molecule has 0 unspecified atom stereocenters. The summed E-state index contributed by atoms with van der Waals surface area (Å²) in [6.07, 6.45) is 0. The number of carboxylic acids is 1. The largest absolute Gasteiger partial charge is 0.508 e. The maximum absolute atomic E-state index is 12.0. The number of aromatic hydroxyl groups is 1. The van der Waals surface area contributed by atoms with Crippen LogP contribution in [0.4, 0.5) is 5.69 Å². The number of sulfonamides is 1. The molecule has 0 atom stereocenters. The van der Waals surface area contributed by atoms with Gasteiger partial charge >= 0.3 is 0 Å². The van der Waals surface area contributed by atoms with Crippen molar-refractivity contribution in [1.29, 1.82) is 0 Å². The fourth-order valence-corrected chi connectivity index (χ4v) is 2.60.